The summed E-state index contributed by atoms with van der Waals surface area (Å²) in [6.07, 6.45) is 61.3. The Labute approximate surface area is 406 Å². The Bertz CT molecular complexity index is 1350. The molecule has 0 aliphatic heterocycles. The second-order valence-corrected chi connectivity index (χ2v) is 20.3. The number of nitrogens with zero attached hydrogens (tertiary/aromatic N) is 1. The summed E-state index contributed by atoms with van der Waals surface area (Å²) in [7, 11) is 1.17. The van der Waals surface area contributed by atoms with Crippen LogP contribution in [0.3, 0.4) is 0 Å². The molecule has 10 heteroatoms. The van der Waals surface area contributed by atoms with Gasteiger partial charge in [0.15, 0.2) is 6.10 Å². The quantitative estimate of drug-likeness (QED) is 0.0195. The van der Waals surface area contributed by atoms with Crippen molar-refractivity contribution in [3.8, 4) is 0 Å². The van der Waals surface area contributed by atoms with Gasteiger partial charge in [-0.15, -0.1) is 0 Å². The Morgan fingerprint density at radius 1 is 0.485 bits per heavy atom. The van der Waals surface area contributed by atoms with Gasteiger partial charge in [0.2, 0.25) is 0 Å². The van der Waals surface area contributed by atoms with Crippen LogP contribution < -0.4 is 4.89 Å². The highest BCUT2D eigenvalue weighted by Crippen LogP contribution is 2.38. The molecule has 0 saturated heterocycles. The molecule has 0 aliphatic carbocycles. The lowest BCUT2D eigenvalue weighted by Crippen LogP contribution is -2.37. The van der Waals surface area contributed by atoms with E-state index in [4.69, 9.17) is 18.5 Å². The summed E-state index contributed by atoms with van der Waals surface area (Å²) in [5.41, 5.74) is 0. The van der Waals surface area contributed by atoms with Crippen LogP contribution in [0.1, 0.15) is 219 Å². The van der Waals surface area contributed by atoms with Gasteiger partial charge in [-0.05, 0) is 64.2 Å². The van der Waals surface area contributed by atoms with Crippen molar-refractivity contribution in [3.63, 3.8) is 0 Å². The number of phosphoric ester groups is 1. The number of likely N-dealkylation sites (N-methyl/N-ethyl adjacent to an activating group) is 1. The summed E-state index contributed by atoms with van der Waals surface area (Å²) in [5.74, 6) is -0.838. The lowest BCUT2D eigenvalue weighted by molar-refractivity contribution is -0.870. The predicted octanol–water partition coefficient (Wildman–Crippen LogP) is 15.5. The summed E-state index contributed by atoms with van der Waals surface area (Å²) in [6.45, 7) is 4.07. The number of rotatable bonds is 48. The van der Waals surface area contributed by atoms with Crippen LogP contribution in [0.25, 0.3) is 0 Å². The van der Waals surface area contributed by atoms with E-state index in [1.807, 2.05) is 21.1 Å². The van der Waals surface area contributed by atoms with Crippen LogP contribution in [0, 0.1) is 0 Å². The van der Waals surface area contributed by atoms with Crippen LogP contribution in [-0.4, -0.2) is 70.0 Å². The van der Waals surface area contributed by atoms with E-state index < -0.39 is 26.5 Å². The highest BCUT2D eigenvalue weighted by Gasteiger charge is 2.21. The van der Waals surface area contributed by atoms with Gasteiger partial charge in [0, 0.05) is 12.8 Å². The summed E-state index contributed by atoms with van der Waals surface area (Å²) in [5, 5.41) is 0. The molecule has 0 amide bonds. The second kappa shape index (κ2) is 47.5. The van der Waals surface area contributed by atoms with E-state index >= 15 is 0 Å². The van der Waals surface area contributed by atoms with E-state index in [1.54, 1.807) is 0 Å². The highest BCUT2D eigenvalue weighted by molar-refractivity contribution is 7.45. The molecule has 66 heavy (non-hydrogen) atoms. The number of allylic oxidation sites excluding steroid dienone is 12. The van der Waals surface area contributed by atoms with Crippen LogP contribution in [0.5, 0.6) is 0 Å². The first-order chi connectivity index (χ1) is 32.0. The van der Waals surface area contributed by atoms with Gasteiger partial charge in [-0.3, -0.25) is 14.2 Å². The molecule has 0 aromatic rings. The van der Waals surface area contributed by atoms with Crippen molar-refractivity contribution in [3.05, 3.63) is 72.9 Å². The van der Waals surface area contributed by atoms with Gasteiger partial charge in [0.05, 0.1) is 27.7 Å². The SMILES string of the molecule is CC/C=C\C/C=C\C/C=C\C/C=C\C/C=C\C/C=C\CCCCCCCCCCCCCCCCCCC(=O)OC(COC(=O)CCCCCCCCC)COP(=O)([O-])OCC[N+](C)(C)C. The summed E-state index contributed by atoms with van der Waals surface area (Å²) in [6, 6.07) is 0. The first kappa shape index (κ1) is 63.5. The normalized spacial score (nSPS) is 14.0. The summed E-state index contributed by atoms with van der Waals surface area (Å²) < 4.78 is 33.9. The number of quaternary nitrogens is 1. The molecule has 2 atom stereocenters. The summed E-state index contributed by atoms with van der Waals surface area (Å²) >= 11 is 0. The Hall–Kier alpha value is -2.55. The Balaban J connectivity index is 3.93. The second-order valence-electron chi connectivity index (χ2n) is 18.9. The number of hydrogen-bond acceptors (Lipinski definition) is 8. The van der Waals surface area contributed by atoms with E-state index in [-0.39, 0.29) is 32.0 Å². The van der Waals surface area contributed by atoms with E-state index in [0.717, 1.165) is 77.0 Å². The van der Waals surface area contributed by atoms with Crippen LogP contribution >= 0.6 is 7.82 Å². The van der Waals surface area contributed by atoms with Gasteiger partial charge in [-0.25, -0.2) is 0 Å². The predicted molar refractivity (Wildman–Crippen MR) is 277 cm³/mol. The number of carbonyl (C=O) groups is 2. The molecule has 0 N–H and O–H groups in total. The Morgan fingerprint density at radius 2 is 0.864 bits per heavy atom. The number of phosphoric acid groups is 1. The van der Waals surface area contributed by atoms with Gasteiger partial charge >= 0.3 is 11.9 Å². The monoisotopic (exact) mass is 946 g/mol. The third-order valence-corrected chi connectivity index (χ3v) is 12.2. The molecule has 0 aliphatic rings. The van der Waals surface area contributed by atoms with Crippen LogP contribution in [0.4, 0.5) is 0 Å². The van der Waals surface area contributed by atoms with Gasteiger partial charge in [-0.2, -0.15) is 0 Å². The zero-order valence-electron chi connectivity index (χ0n) is 43.1. The van der Waals surface area contributed by atoms with Crippen LogP contribution in [-0.2, 0) is 32.7 Å². The zero-order chi connectivity index (χ0) is 48.5. The van der Waals surface area contributed by atoms with Gasteiger partial charge in [0.1, 0.15) is 19.8 Å². The average molecular weight is 946 g/mol. The van der Waals surface area contributed by atoms with Crippen molar-refractivity contribution in [2.75, 3.05) is 47.5 Å². The van der Waals surface area contributed by atoms with Crippen molar-refractivity contribution in [1.82, 2.24) is 0 Å². The van der Waals surface area contributed by atoms with Gasteiger partial charge in [0.25, 0.3) is 7.82 Å². The number of ether oxygens (including phenoxy) is 2. The molecule has 2 unspecified atom stereocenters. The first-order valence-electron chi connectivity index (χ1n) is 26.6. The number of hydrogen-bond donors (Lipinski definition) is 0. The maximum absolute atomic E-state index is 12.7. The van der Waals surface area contributed by atoms with Crippen LogP contribution in [0.15, 0.2) is 72.9 Å². The molecule has 0 fully saturated rings. The first-order valence-corrected chi connectivity index (χ1v) is 28.1. The fourth-order valence-electron chi connectivity index (χ4n) is 7.13. The Morgan fingerprint density at radius 3 is 1.29 bits per heavy atom. The minimum absolute atomic E-state index is 0.0311. The fraction of sp³-hybridized carbons (Fsp3) is 0.750. The van der Waals surface area contributed by atoms with E-state index in [2.05, 4.69) is 86.8 Å². The van der Waals surface area contributed by atoms with E-state index in [1.165, 1.54) is 109 Å². The van der Waals surface area contributed by atoms with Crippen molar-refractivity contribution in [1.29, 1.82) is 0 Å². The van der Waals surface area contributed by atoms with Crippen molar-refractivity contribution in [2.24, 2.45) is 0 Å². The van der Waals surface area contributed by atoms with Gasteiger partial charge in [-0.1, -0.05) is 215 Å². The zero-order valence-corrected chi connectivity index (χ0v) is 44.0. The number of carbonyl (C=O) groups excluding carboxylic acids is 2. The summed E-state index contributed by atoms with van der Waals surface area (Å²) in [4.78, 5) is 37.4. The van der Waals surface area contributed by atoms with E-state index in [9.17, 15) is 19.0 Å². The third-order valence-electron chi connectivity index (χ3n) is 11.2. The smallest absolute Gasteiger partial charge is 0.306 e. The number of esters is 2. The molecule has 382 valence electrons. The molecular weight excluding hydrogens is 846 g/mol. The standard InChI is InChI=1S/C56H100NO8P/c1-6-8-10-12-14-15-16-17-18-19-20-21-22-23-24-25-26-27-28-29-30-31-32-33-34-35-36-37-38-39-40-41-43-45-47-49-56(59)65-54(53-64-66(60,61)63-51-50-57(3,4)5)52-62-55(58)48-46-44-42-13-11-9-7-2/h8,10,14-15,17-18,20-21,23-24,26-27,54H,6-7,9,11-13,16,19,22,25,28-53H2,1-5H3/b10-8-,15-14-,18-17-,21-20-,24-23-,27-26-. The lowest BCUT2D eigenvalue weighted by atomic mass is 10.0. The third kappa shape index (κ3) is 50.9. The topological polar surface area (TPSA) is 111 Å². The maximum atomic E-state index is 12.7. The largest absolute Gasteiger partial charge is 0.756 e. The molecule has 9 nitrogen and oxygen atoms in total. The van der Waals surface area contributed by atoms with Crippen LogP contribution in [0.2, 0.25) is 0 Å². The average Bonchev–Trinajstić information content (AvgIpc) is 3.27. The number of unbranched alkanes of at least 4 members (excludes halogenated alkanes) is 22. The molecule has 0 aromatic heterocycles. The molecule has 0 heterocycles. The minimum atomic E-state index is -4.62. The molecule has 0 saturated carbocycles. The minimum Gasteiger partial charge on any atom is -0.756 e. The van der Waals surface area contributed by atoms with E-state index in [0.29, 0.717) is 17.4 Å². The molecule has 0 rings (SSSR count). The molecule has 0 bridgehead atoms. The van der Waals surface area contributed by atoms with Crippen molar-refractivity contribution < 1.29 is 42.1 Å². The molecular formula is C56H100NO8P. The van der Waals surface area contributed by atoms with Crippen molar-refractivity contribution in [2.45, 2.75) is 225 Å². The maximum Gasteiger partial charge on any atom is 0.306 e. The highest BCUT2D eigenvalue weighted by atomic mass is 31.2. The molecule has 0 radical (unpaired) electrons. The molecule has 0 aromatic carbocycles. The molecule has 0 spiro atoms. The fourth-order valence-corrected chi connectivity index (χ4v) is 7.86. The van der Waals surface area contributed by atoms with Gasteiger partial charge < -0.3 is 27.9 Å². The lowest BCUT2D eigenvalue weighted by Gasteiger charge is -2.28. The van der Waals surface area contributed by atoms with Crippen molar-refractivity contribution >= 4 is 19.8 Å². The Kier molecular flexibility index (Phi) is 45.7.